The first kappa shape index (κ1) is 14.0. The molecular weight excluding hydrogens is 279 g/mol. The molecule has 1 aliphatic carbocycles. The van der Waals surface area contributed by atoms with Gasteiger partial charge in [-0.2, -0.15) is 4.31 Å². The molecule has 3 rings (SSSR count). The minimum Gasteiger partial charge on any atom is -0.327 e. The molecule has 110 valence electrons. The van der Waals surface area contributed by atoms with E-state index in [0.29, 0.717) is 24.6 Å². The maximum atomic E-state index is 13.4. The molecule has 6 heteroatoms. The zero-order chi connectivity index (χ0) is 14.5. The van der Waals surface area contributed by atoms with Crippen LogP contribution in [0.2, 0.25) is 0 Å². The van der Waals surface area contributed by atoms with Crippen LogP contribution >= 0.6 is 0 Å². The Morgan fingerprint density at radius 3 is 2.75 bits per heavy atom. The van der Waals surface area contributed by atoms with Crippen LogP contribution in [-0.4, -0.2) is 31.9 Å². The van der Waals surface area contributed by atoms with Gasteiger partial charge >= 0.3 is 0 Å². The van der Waals surface area contributed by atoms with Gasteiger partial charge in [0, 0.05) is 19.1 Å². The summed E-state index contributed by atoms with van der Waals surface area (Å²) in [6.07, 6.45) is 1.96. The molecule has 2 aliphatic rings. The minimum absolute atomic E-state index is 0.0750. The van der Waals surface area contributed by atoms with Crippen LogP contribution in [0.5, 0.6) is 0 Å². The van der Waals surface area contributed by atoms with Crippen molar-refractivity contribution in [3.63, 3.8) is 0 Å². The number of aryl methyl sites for hydroxylation is 1. The molecule has 0 bridgehead atoms. The molecule has 1 heterocycles. The van der Waals surface area contributed by atoms with Gasteiger partial charge in [0.2, 0.25) is 10.0 Å². The highest BCUT2D eigenvalue weighted by Gasteiger charge is 2.45. The monoisotopic (exact) mass is 298 g/mol. The Labute approximate surface area is 118 Å². The second kappa shape index (κ2) is 4.79. The Morgan fingerprint density at radius 1 is 1.30 bits per heavy atom. The lowest BCUT2D eigenvalue weighted by Gasteiger charge is -2.19. The molecule has 1 aromatic rings. The molecule has 1 saturated heterocycles. The molecular formula is C14H19FN2O2S. The minimum atomic E-state index is -3.62. The van der Waals surface area contributed by atoms with Crippen molar-refractivity contribution in [2.45, 2.75) is 30.7 Å². The van der Waals surface area contributed by atoms with Gasteiger partial charge in [-0.05, 0) is 49.3 Å². The SMILES string of the molecule is Cc1ccc(F)cc1S(=O)(=O)N1CC2CCC(N)C2C1. The molecule has 20 heavy (non-hydrogen) atoms. The van der Waals surface area contributed by atoms with Crippen molar-refractivity contribution in [3.8, 4) is 0 Å². The molecule has 3 atom stereocenters. The summed E-state index contributed by atoms with van der Waals surface area (Å²) in [4.78, 5) is 0.0750. The van der Waals surface area contributed by atoms with E-state index >= 15 is 0 Å². The van der Waals surface area contributed by atoms with Gasteiger partial charge in [0.15, 0.2) is 0 Å². The summed E-state index contributed by atoms with van der Waals surface area (Å²) in [5.41, 5.74) is 6.61. The molecule has 1 saturated carbocycles. The second-order valence-corrected chi connectivity index (χ2v) is 7.80. The first-order valence-electron chi connectivity index (χ1n) is 6.91. The normalized spacial score (nSPS) is 30.6. The van der Waals surface area contributed by atoms with E-state index in [0.717, 1.165) is 18.9 Å². The number of nitrogens with zero attached hydrogens (tertiary/aromatic N) is 1. The predicted molar refractivity (Wildman–Crippen MR) is 74.1 cm³/mol. The summed E-state index contributed by atoms with van der Waals surface area (Å²) in [6.45, 7) is 2.66. The highest BCUT2D eigenvalue weighted by molar-refractivity contribution is 7.89. The van der Waals surface area contributed by atoms with Crippen molar-refractivity contribution in [2.75, 3.05) is 13.1 Å². The third-order valence-corrected chi connectivity index (χ3v) is 6.62. The van der Waals surface area contributed by atoms with Gasteiger partial charge in [0.25, 0.3) is 0 Å². The van der Waals surface area contributed by atoms with Crippen LogP contribution in [0.4, 0.5) is 4.39 Å². The summed E-state index contributed by atoms with van der Waals surface area (Å²) < 4.78 is 40.2. The number of hydrogen-bond donors (Lipinski definition) is 1. The number of sulfonamides is 1. The maximum absolute atomic E-state index is 13.4. The molecule has 1 aromatic carbocycles. The van der Waals surface area contributed by atoms with Crippen molar-refractivity contribution < 1.29 is 12.8 Å². The molecule has 0 amide bonds. The van der Waals surface area contributed by atoms with E-state index in [1.54, 1.807) is 6.92 Å². The van der Waals surface area contributed by atoms with Crippen LogP contribution in [-0.2, 0) is 10.0 Å². The van der Waals surface area contributed by atoms with E-state index in [2.05, 4.69) is 0 Å². The number of nitrogens with two attached hydrogens (primary N) is 1. The lowest BCUT2D eigenvalue weighted by Crippen LogP contribution is -2.33. The third-order valence-electron chi connectivity index (χ3n) is 4.65. The molecule has 1 aliphatic heterocycles. The van der Waals surface area contributed by atoms with Gasteiger partial charge in [-0.1, -0.05) is 6.07 Å². The van der Waals surface area contributed by atoms with E-state index in [1.165, 1.54) is 16.4 Å². The van der Waals surface area contributed by atoms with E-state index in [-0.39, 0.29) is 16.9 Å². The van der Waals surface area contributed by atoms with Gasteiger partial charge in [0.1, 0.15) is 5.82 Å². The van der Waals surface area contributed by atoms with Gasteiger partial charge < -0.3 is 5.73 Å². The molecule has 0 spiro atoms. The number of fused-ring (bicyclic) bond motifs is 1. The van der Waals surface area contributed by atoms with Crippen LogP contribution in [0, 0.1) is 24.6 Å². The summed E-state index contributed by atoms with van der Waals surface area (Å²) in [5, 5.41) is 0. The molecule has 4 nitrogen and oxygen atoms in total. The summed E-state index contributed by atoms with van der Waals surface area (Å²) in [7, 11) is -3.62. The van der Waals surface area contributed by atoms with Gasteiger partial charge in [-0.3, -0.25) is 0 Å². The Bertz CT molecular complexity index is 632. The largest absolute Gasteiger partial charge is 0.327 e. The van der Waals surface area contributed by atoms with Crippen molar-refractivity contribution in [2.24, 2.45) is 17.6 Å². The van der Waals surface area contributed by atoms with Crippen molar-refractivity contribution in [1.82, 2.24) is 4.31 Å². The molecule has 2 fully saturated rings. The van der Waals surface area contributed by atoms with Crippen LogP contribution in [0.15, 0.2) is 23.1 Å². The first-order valence-corrected chi connectivity index (χ1v) is 8.35. The summed E-state index contributed by atoms with van der Waals surface area (Å²) in [6, 6.07) is 3.99. The van der Waals surface area contributed by atoms with Gasteiger partial charge in [-0.15, -0.1) is 0 Å². The zero-order valence-electron chi connectivity index (χ0n) is 11.4. The molecule has 0 aromatic heterocycles. The Morgan fingerprint density at radius 2 is 2.05 bits per heavy atom. The number of halogens is 1. The zero-order valence-corrected chi connectivity index (χ0v) is 12.2. The average molecular weight is 298 g/mol. The highest BCUT2D eigenvalue weighted by atomic mass is 32.2. The Hall–Kier alpha value is -0.980. The second-order valence-electron chi connectivity index (χ2n) is 5.90. The van der Waals surface area contributed by atoms with Crippen molar-refractivity contribution in [3.05, 3.63) is 29.6 Å². The lowest BCUT2D eigenvalue weighted by molar-refractivity contribution is 0.426. The summed E-state index contributed by atoms with van der Waals surface area (Å²) in [5.74, 6) is 0.0811. The number of hydrogen-bond acceptors (Lipinski definition) is 3. The van der Waals surface area contributed by atoms with Gasteiger partial charge in [-0.25, -0.2) is 12.8 Å². The fourth-order valence-electron chi connectivity index (χ4n) is 3.45. The maximum Gasteiger partial charge on any atom is 0.243 e. The fourth-order valence-corrected chi connectivity index (χ4v) is 5.22. The van der Waals surface area contributed by atoms with E-state index in [1.807, 2.05) is 0 Å². The summed E-state index contributed by atoms with van der Waals surface area (Å²) >= 11 is 0. The average Bonchev–Trinajstić information content (AvgIpc) is 2.95. The van der Waals surface area contributed by atoms with Crippen molar-refractivity contribution >= 4 is 10.0 Å². The smallest absolute Gasteiger partial charge is 0.243 e. The quantitative estimate of drug-likeness (QED) is 0.900. The van der Waals surface area contributed by atoms with Gasteiger partial charge in [0.05, 0.1) is 4.90 Å². The standard InChI is InChI=1S/C14H19FN2O2S/c1-9-2-4-11(15)6-14(9)20(18,19)17-7-10-3-5-13(16)12(10)8-17/h2,4,6,10,12-13H,3,5,7-8,16H2,1H3. The van der Waals surface area contributed by atoms with E-state index in [9.17, 15) is 12.8 Å². The highest BCUT2D eigenvalue weighted by Crippen LogP contribution is 2.39. The molecule has 3 unspecified atom stereocenters. The number of rotatable bonds is 2. The lowest BCUT2D eigenvalue weighted by atomic mass is 9.98. The van der Waals surface area contributed by atoms with E-state index in [4.69, 9.17) is 5.73 Å². The topological polar surface area (TPSA) is 63.4 Å². The Balaban J connectivity index is 1.92. The third kappa shape index (κ3) is 2.16. The van der Waals surface area contributed by atoms with Crippen LogP contribution < -0.4 is 5.73 Å². The molecule has 0 radical (unpaired) electrons. The Kier molecular flexibility index (Phi) is 3.35. The number of benzene rings is 1. The van der Waals surface area contributed by atoms with Crippen molar-refractivity contribution in [1.29, 1.82) is 0 Å². The first-order chi connectivity index (χ1) is 9.39. The van der Waals surface area contributed by atoms with Crippen LogP contribution in [0.3, 0.4) is 0 Å². The van der Waals surface area contributed by atoms with Crippen LogP contribution in [0.1, 0.15) is 18.4 Å². The molecule has 2 N–H and O–H groups in total. The van der Waals surface area contributed by atoms with Crippen LogP contribution in [0.25, 0.3) is 0 Å². The predicted octanol–water partition coefficient (Wildman–Crippen LogP) is 1.49. The van der Waals surface area contributed by atoms with E-state index < -0.39 is 15.8 Å². The fraction of sp³-hybridized carbons (Fsp3) is 0.571.